The largest absolute Gasteiger partial charge is 0.398 e. The van der Waals surface area contributed by atoms with Gasteiger partial charge in [0.15, 0.2) is 6.29 Å². The monoisotopic (exact) mass is 339 g/mol. The highest BCUT2D eigenvalue weighted by atomic mass is 16.2. The molecule has 0 bridgehead atoms. The lowest BCUT2D eigenvalue weighted by Crippen LogP contribution is -2.52. The molecule has 1 heterocycles. The number of hydrogen-bond acceptors (Lipinski definition) is 5. The minimum atomic E-state index is -0.735. The molecule has 2 aromatic rings. The number of carbonyl (C=O) groups excluding carboxylic acids is 4. The van der Waals surface area contributed by atoms with Crippen LogP contribution in [0.1, 0.15) is 33.6 Å². The van der Waals surface area contributed by atoms with E-state index in [1.54, 1.807) is 30.3 Å². The van der Waals surface area contributed by atoms with Crippen LogP contribution < -0.4 is 11.1 Å². The van der Waals surface area contributed by atoms with Crippen molar-refractivity contribution < 1.29 is 19.2 Å². The van der Waals surface area contributed by atoms with Crippen LogP contribution in [0.25, 0.3) is 10.8 Å². The number of benzene rings is 2. The fourth-order valence-electron chi connectivity index (χ4n) is 3.12. The van der Waals surface area contributed by atoms with Gasteiger partial charge in [0.1, 0.15) is 6.04 Å². The number of piperidine rings is 1. The fraction of sp³-hybridized carbons (Fsp3) is 0.222. The van der Waals surface area contributed by atoms with Crippen LogP contribution in [0, 0.1) is 0 Å². The highest BCUT2D eigenvalue weighted by Gasteiger charge is 2.33. The zero-order valence-corrected chi connectivity index (χ0v) is 13.6. The van der Waals surface area contributed by atoms with Crippen molar-refractivity contribution in [2.75, 3.05) is 12.8 Å². The number of imide groups is 1. The summed E-state index contributed by atoms with van der Waals surface area (Å²) >= 11 is 0. The highest BCUT2D eigenvalue weighted by Crippen LogP contribution is 2.28. The minimum Gasteiger partial charge on any atom is -0.398 e. The van der Waals surface area contributed by atoms with Gasteiger partial charge < -0.3 is 10.6 Å². The Morgan fingerprint density at radius 1 is 1.28 bits per heavy atom. The van der Waals surface area contributed by atoms with Gasteiger partial charge in [0.25, 0.3) is 5.91 Å². The molecule has 128 valence electrons. The number of anilines is 1. The first-order chi connectivity index (χ1) is 11.9. The summed E-state index contributed by atoms with van der Waals surface area (Å²) < 4.78 is 0. The van der Waals surface area contributed by atoms with E-state index in [1.165, 1.54) is 11.9 Å². The molecule has 7 nitrogen and oxygen atoms in total. The summed E-state index contributed by atoms with van der Waals surface area (Å²) in [7, 11) is 1.51. The number of nitrogens with one attached hydrogen (secondary N) is 1. The van der Waals surface area contributed by atoms with Crippen LogP contribution in [0.3, 0.4) is 0 Å². The van der Waals surface area contributed by atoms with Gasteiger partial charge in [0.2, 0.25) is 11.8 Å². The van der Waals surface area contributed by atoms with Gasteiger partial charge in [-0.05, 0) is 24.6 Å². The molecule has 0 spiro atoms. The van der Waals surface area contributed by atoms with Crippen molar-refractivity contribution in [1.29, 1.82) is 0 Å². The van der Waals surface area contributed by atoms with Crippen molar-refractivity contribution in [3.63, 3.8) is 0 Å². The summed E-state index contributed by atoms with van der Waals surface area (Å²) in [5, 5.41) is 3.30. The Morgan fingerprint density at radius 3 is 2.72 bits per heavy atom. The predicted octanol–water partition coefficient (Wildman–Crippen LogP) is 1.11. The number of nitrogens with two attached hydrogens (primary N) is 1. The maximum atomic E-state index is 13.0. The summed E-state index contributed by atoms with van der Waals surface area (Å²) in [5.41, 5.74) is 7.06. The normalized spacial score (nSPS) is 17.2. The predicted molar refractivity (Wildman–Crippen MR) is 92.0 cm³/mol. The Balaban J connectivity index is 2.05. The van der Waals surface area contributed by atoms with Gasteiger partial charge in [0.05, 0.1) is 0 Å². The van der Waals surface area contributed by atoms with Crippen molar-refractivity contribution in [1.82, 2.24) is 10.2 Å². The highest BCUT2D eigenvalue weighted by molar-refractivity contribution is 6.15. The van der Waals surface area contributed by atoms with E-state index in [1.807, 2.05) is 0 Å². The topological polar surface area (TPSA) is 110 Å². The van der Waals surface area contributed by atoms with Gasteiger partial charge in [-0.15, -0.1) is 0 Å². The van der Waals surface area contributed by atoms with Crippen molar-refractivity contribution in [2.45, 2.75) is 18.9 Å². The quantitative estimate of drug-likeness (QED) is 0.494. The molecule has 0 aliphatic carbocycles. The average molecular weight is 339 g/mol. The molecule has 3 rings (SSSR count). The van der Waals surface area contributed by atoms with Crippen molar-refractivity contribution in [3.05, 3.63) is 41.5 Å². The molecule has 1 aliphatic rings. The molecule has 0 radical (unpaired) electrons. The van der Waals surface area contributed by atoms with Crippen LogP contribution in [-0.2, 0) is 9.59 Å². The number of likely N-dealkylation sites (N-methyl/N-ethyl adjacent to an activating group) is 1. The van der Waals surface area contributed by atoms with Gasteiger partial charge in [0, 0.05) is 41.1 Å². The Morgan fingerprint density at radius 2 is 2.04 bits per heavy atom. The van der Waals surface area contributed by atoms with E-state index in [4.69, 9.17) is 5.73 Å². The Kier molecular flexibility index (Phi) is 4.22. The van der Waals surface area contributed by atoms with E-state index in [0.717, 1.165) is 0 Å². The minimum absolute atomic E-state index is 0.177. The number of nitrogens with zero attached hydrogens (tertiary/aromatic N) is 1. The maximum Gasteiger partial charge on any atom is 0.254 e. The lowest BCUT2D eigenvalue weighted by Gasteiger charge is -2.30. The molecule has 7 heteroatoms. The van der Waals surface area contributed by atoms with Gasteiger partial charge >= 0.3 is 0 Å². The van der Waals surface area contributed by atoms with E-state index < -0.39 is 17.9 Å². The molecule has 3 N–H and O–H groups in total. The molecule has 1 saturated heterocycles. The van der Waals surface area contributed by atoms with Gasteiger partial charge in [-0.2, -0.15) is 0 Å². The van der Waals surface area contributed by atoms with Crippen LogP contribution in [0.2, 0.25) is 0 Å². The smallest absolute Gasteiger partial charge is 0.254 e. The molecule has 3 amide bonds. The second-order valence-electron chi connectivity index (χ2n) is 5.97. The molecule has 0 aromatic heterocycles. The lowest BCUT2D eigenvalue weighted by atomic mass is 9.96. The third kappa shape index (κ3) is 2.84. The molecule has 0 saturated carbocycles. The number of aldehydes is 1. The zero-order chi connectivity index (χ0) is 18.1. The van der Waals surface area contributed by atoms with Crippen LogP contribution in [0.4, 0.5) is 5.69 Å². The van der Waals surface area contributed by atoms with E-state index in [9.17, 15) is 19.2 Å². The second-order valence-corrected chi connectivity index (χ2v) is 5.97. The molecule has 2 aromatic carbocycles. The summed E-state index contributed by atoms with van der Waals surface area (Å²) in [6, 6.07) is 7.46. The van der Waals surface area contributed by atoms with Crippen LogP contribution >= 0.6 is 0 Å². The Labute approximate surface area is 143 Å². The Bertz CT molecular complexity index is 907. The van der Waals surface area contributed by atoms with E-state index in [2.05, 4.69) is 5.32 Å². The van der Waals surface area contributed by atoms with Gasteiger partial charge in [-0.3, -0.25) is 24.5 Å². The van der Waals surface area contributed by atoms with Crippen LogP contribution in [0.15, 0.2) is 30.3 Å². The third-order valence-corrected chi connectivity index (χ3v) is 4.46. The SMILES string of the molecule is CN(C(=O)c1cccc2c(N)ccc(C=O)c12)C1CCC(=O)NC1=O. The van der Waals surface area contributed by atoms with Crippen LogP contribution in [-0.4, -0.2) is 42.0 Å². The zero-order valence-electron chi connectivity index (χ0n) is 13.6. The first-order valence-electron chi connectivity index (χ1n) is 7.81. The van der Waals surface area contributed by atoms with Gasteiger partial charge in [-0.1, -0.05) is 12.1 Å². The summed E-state index contributed by atoms with van der Waals surface area (Å²) in [4.78, 5) is 49.0. The number of carbonyl (C=O) groups is 4. The molecular formula is C18H17N3O4. The van der Waals surface area contributed by atoms with Crippen molar-refractivity contribution in [3.8, 4) is 0 Å². The molecular weight excluding hydrogens is 322 g/mol. The van der Waals surface area contributed by atoms with E-state index in [-0.39, 0.29) is 18.7 Å². The first kappa shape index (κ1) is 16.6. The molecule has 1 unspecified atom stereocenters. The molecule has 25 heavy (non-hydrogen) atoms. The second kappa shape index (κ2) is 6.35. The Hall–Kier alpha value is -3.22. The number of hydrogen-bond donors (Lipinski definition) is 2. The third-order valence-electron chi connectivity index (χ3n) is 4.46. The fourth-order valence-corrected chi connectivity index (χ4v) is 3.12. The van der Waals surface area contributed by atoms with Crippen molar-refractivity contribution >= 4 is 40.5 Å². The first-order valence-corrected chi connectivity index (χ1v) is 7.81. The lowest BCUT2D eigenvalue weighted by molar-refractivity contribution is -0.136. The van der Waals surface area contributed by atoms with Crippen LogP contribution in [0.5, 0.6) is 0 Å². The van der Waals surface area contributed by atoms with E-state index in [0.29, 0.717) is 33.9 Å². The number of rotatable bonds is 3. The molecule has 1 aliphatic heterocycles. The standard InChI is InChI=1S/C18H17N3O4/c1-21(14-7-8-15(23)20-17(14)24)18(25)12-4-2-3-11-13(19)6-5-10(9-22)16(11)12/h2-6,9,14H,7-8,19H2,1H3,(H,20,23,24). The maximum absolute atomic E-state index is 13.0. The van der Waals surface area contributed by atoms with Gasteiger partial charge in [-0.25, -0.2) is 0 Å². The molecule has 1 atom stereocenters. The summed E-state index contributed by atoms with van der Waals surface area (Å²) in [5.74, 6) is -1.25. The van der Waals surface area contributed by atoms with Crippen molar-refractivity contribution in [2.24, 2.45) is 0 Å². The average Bonchev–Trinajstić information content (AvgIpc) is 2.61. The number of fused-ring (bicyclic) bond motifs is 1. The molecule has 1 fully saturated rings. The van der Waals surface area contributed by atoms with E-state index >= 15 is 0 Å². The summed E-state index contributed by atoms with van der Waals surface area (Å²) in [6.07, 6.45) is 1.11. The summed E-state index contributed by atoms with van der Waals surface area (Å²) in [6.45, 7) is 0. The number of amides is 3. The number of nitrogen functional groups attached to an aromatic ring is 1.